The number of amides is 1. The Morgan fingerprint density at radius 2 is 1.78 bits per heavy atom. The molecule has 32 heavy (non-hydrogen) atoms. The van der Waals surface area contributed by atoms with E-state index in [0.717, 1.165) is 27.8 Å². The summed E-state index contributed by atoms with van der Waals surface area (Å²) in [6.45, 7) is 3.99. The number of nitrogens with one attached hydrogen (secondary N) is 1. The molecule has 4 aromatic rings. The summed E-state index contributed by atoms with van der Waals surface area (Å²) in [5.74, 6) is 0.958. The molecule has 0 unspecified atom stereocenters. The second-order valence-corrected chi connectivity index (χ2v) is 8.52. The van der Waals surface area contributed by atoms with E-state index in [1.54, 1.807) is 0 Å². The molecule has 1 N–H and O–H groups in total. The van der Waals surface area contributed by atoms with Crippen LogP contribution in [0.15, 0.2) is 71.9 Å². The molecule has 7 heteroatoms. The molecular formula is C25H24N4O2S. The summed E-state index contributed by atoms with van der Waals surface area (Å²) in [4.78, 5) is 24.1. The van der Waals surface area contributed by atoms with Gasteiger partial charge in [0.05, 0.1) is 5.75 Å². The molecular weight excluding hydrogens is 420 g/mol. The first-order valence-electron chi connectivity index (χ1n) is 10.4. The van der Waals surface area contributed by atoms with E-state index >= 15 is 0 Å². The lowest BCUT2D eigenvalue weighted by molar-refractivity contribution is -0.118. The van der Waals surface area contributed by atoms with Crippen molar-refractivity contribution in [2.75, 3.05) is 12.3 Å². The van der Waals surface area contributed by atoms with Crippen molar-refractivity contribution in [2.24, 2.45) is 0 Å². The predicted octanol–water partition coefficient (Wildman–Crippen LogP) is 4.38. The Balaban J connectivity index is 1.56. The Kier molecular flexibility index (Phi) is 6.66. The van der Waals surface area contributed by atoms with Crippen molar-refractivity contribution < 1.29 is 9.59 Å². The molecule has 3 aromatic carbocycles. The van der Waals surface area contributed by atoms with E-state index in [1.165, 1.54) is 18.7 Å². The molecule has 0 radical (unpaired) electrons. The summed E-state index contributed by atoms with van der Waals surface area (Å²) in [5.41, 5.74) is 2.74. The lowest BCUT2D eigenvalue weighted by atomic mass is 10.1. The molecule has 0 saturated carbocycles. The SMILES string of the molecule is CC(=O)NCCc1nnc(SCC(=O)c2ccc3ccccc3c2)n1-c1cccc(C)c1. The molecule has 0 fully saturated rings. The van der Waals surface area contributed by atoms with Gasteiger partial charge in [0.25, 0.3) is 0 Å². The van der Waals surface area contributed by atoms with Crippen LogP contribution in [-0.2, 0) is 11.2 Å². The van der Waals surface area contributed by atoms with Gasteiger partial charge in [0, 0.05) is 31.1 Å². The van der Waals surface area contributed by atoms with Gasteiger partial charge in [0.2, 0.25) is 5.91 Å². The minimum atomic E-state index is -0.0813. The topological polar surface area (TPSA) is 76.9 Å². The van der Waals surface area contributed by atoms with E-state index in [9.17, 15) is 9.59 Å². The highest BCUT2D eigenvalue weighted by atomic mass is 32.2. The molecule has 1 amide bonds. The molecule has 0 bridgehead atoms. The van der Waals surface area contributed by atoms with Crippen LogP contribution in [0.4, 0.5) is 0 Å². The molecule has 6 nitrogen and oxygen atoms in total. The first-order chi connectivity index (χ1) is 15.5. The number of thioether (sulfide) groups is 1. The summed E-state index contributed by atoms with van der Waals surface area (Å²) in [5, 5.41) is 14.3. The molecule has 0 atom stereocenters. The van der Waals surface area contributed by atoms with Gasteiger partial charge >= 0.3 is 0 Å². The number of rotatable bonds is 8. The fraction of sp³-hybridized carbons (Fsp3) is 0.200. The van der Waals surface area contributed by atoms with E-state index in [-0.39, 0.29) is 17.4 Å². The van der Waals surface area contributed by atoms with Crippen molar-refractivity contribution in [1.29, 1.82) is 0 Å². The fourth-order valence-electron chi connectivity index (χ4n) is 3.51. The number of ketones is 1. The van der Waals surface area contributed by atoms with E-state index in [0.29, 0.717) is 23.7 Å². The third-order valence-corrected chi connectivity index (χ3v) is 6.02. The summed E-state index contributed by atoms with van der Waals surface area (Å²) in [7, 11) is 0. The van der Waals surface area contributed by atoms with Gasteiger partial charge in [-0.15, -0.1) is 10.2 Å². The van der Waals surface area contributed by atoms with Crippen molar-refractivity contribution in [3.63, 3.8) is 0 Å². The third-order valence-electron chi connectivity index (χ3n) is 5.09. The lowest BCUT2D eigenvalue weighted by Gasteiger charge is -2.11. The second-order valence-electron chi connectivity index (χ2n) is 7.58. The zero-order valence-electron chi connectivity index (χ0n) is 18.0. The highest BCUT2D eigenvalue weighted by molar-refractivity contribution is 7.99. The van der Waals surface area contributed by atoms with Gasteiger partial charge < -0.3 is 5.32 Å². The van der Waals surface area contributed by atoms with Gasteiger partial charge in [-0.2, -0.15) is 0 Å². The number of hydrogen-bond acceptors (Lipinski definition) is 5. The number of carbonyl (C=O) groups excluding carboxylic acids is 2. The predicted molar refractivity (Wildman–Crippen MR) is 127 cm³/mol. The van der Waals surface area contributed by atoms with Crippen LogP contribution >= 0.6 is 11.8 Å². The van der Waals surface area contributed by atoms with Crippen molar-refractivity contribution in [1.82, 2.24) is 20.1 Å². The smallest absolute Gasteiger partial charge is 0.216 e. The molecule has 1 aromatic heterocycles. The number of benzene rings is 3. The maximum Gasteiger partial charge on any atom is 0.216 e. The van der Waals surface area contributed by atoms with Crippen molar-refractivity contribution in [3.8, 4) is 5.69 Å². The first-order valence-corrected chi connectivity index (χ1v) is 11.4. The van der Waals surface area contributed by atoms with Crippen LogP contribution < -0.4 is 5.32 Å². The number of aryl methyl sites for hydroxylation is 1. The van der Waals surface area contributed by atoms with Crippen LogP contribution in [0.5, 0.6) is 0 Å². The quantitative estimate of drug-likeness (QED) is 0.322. The summed E-state index contributed by atoms with van der Waals surface area (Å²) < 4.78 is 1.97. The van der Waals surface area contributed by atoms with Crippen LogP contribution in [0.2, 0.25) is 0 Å². The van der Waals surface area contributed by atoms with Crippen LogP contribution in [0.25, 0.3) is 16.5 Å². The van der Waals surface area contributed by atoms with Gasteiger partial charge in [-0.1, -0.05) is 60.3 Å². The second kappa shape index (κ2) is 9.78. The molecule has 162 valence electrons. The molecule has 0 aliphatic heterocycles. The van der Waals surface area contributed by atoms with Crippen molar-refractivity contribution >= 4 is 34.2 Å². The Labute approximate surface area is 191 Å². The Morgan fingerprint density at radius 1 is 0.969 bits per heavy atom. The summed E-state index contributed by atoms with van der Waals surface area (Å²) in [6, 6.07) is 21.8. The molecule has 0 aliphatic rings. The molecule has 0 aliphatic carbocycles. The zero-order chi connectivity index (χ0) is 22.5. The minimum absolute atomic E-state index is 0.0411. The van der Waals surface area contributed by atoms with Gasteiger partial charge in [0.1, 0.15) is 5.82 Å². The van der Waals surface area contributed by atoms with Crippen LogP contribution in [0.1, 0.15) is 28.7 Å². The maximum absolute atomic E-state index is 12.9. The van der Waals surface area contributed by atoms with Crippen LogP contribution in [-0.4, -0.2) is 38.8 Å². The van der Waals surface area contributed by atoms with E-state index in [1.807, 2.05) is 72.2 Å². The maximum atomic E-state index is 12.9. The van der Waals surface area contributed by atoms with Gasteiger partial charge in [-0.05, 0) is 41.5 Å². The molecule has 4 rings (SSSR count). The Bertz CT molecular complexity index is 1280. The lowest BCUT2D eigenvalue weighted by Crippen LogP contribution is -2.23. The number of aromatic nitrogens is 3. The first kappa shape index (κ1) is 21.8. The summed E-state index contributed by atoms with van der Waals surface area (Å²) >= 11 is 1.37. The largest absolute Gasteiger partial charge is 0.356 e. The standard InChI is InChI=1S/C25H24N4O2S/c1-17-6-5-9-22(14-17)29-24(12-13-26-18(2)30)27-28-25(29)32-16-23(31)21-11-10-19-7-3-4-8-20(19)15-21/h3-11,14-15H,12-13,16H2,1-2H3,(H,26,30). The Morgan fingerprint density at radius 3 is 2.56 bits per heavy atom. The Hall–Kier alpha value is -3.45. The fourth-order valence-corrected chi connectivity index (χ4v) is 4.37. The van der Waals surface area contributed by atoms with Gasteiger partial charge in [0.15, 0.2) is 10.9 Å². The monoisotopic (exact) mass is 444 g/mol. The van der Waals surface area contributed by atoms with Crippen LogP contribution in [0.3, 0.4) is 0 Å². The highest BCUT2D eigenvalue weighted by Crippen LogP contribution is 2.24. The number of Topliss-reactive ketones (excluding diaryl/α,β-unsaturated/α-hetero) is 1. The average molecular weight is 445 g/mol. The zero-order valence-corrected chi connectivity index (χ0v) is 18.9. The van der Waals surface area contributed by atoms with Crippen molar-refractivity contribution in [3.05, 3.63) is 83.7 Å². The molecule has 1 heterocycles. The van der Waals surface area contributed by atoms with Crippen LogP contribution in [0, 0.1) is 6.92 Å². The van der Waals surface area contributed by atoms with E-state index < -0.39 is 0 Å². The normalized spacial score (nSPS) is 10.9. The average Bonchev–Trinajstić information content (AvgIpc) is 3.19. The van der Waals surface area contributed by atoms with Gasteiger partial charge in [-0.3, -0.25) is 14.2 Å². The van der Waals surface area contributed by atoms with E-state index in [4.69, 9.17) is 0 Å². The highest BCUT2D eigenvalue weighted by Gasteiger charge is 2.17. The minimum Gasteiger partial charge on any atom is -0.356 e. The third kappa shape index (κ3) is 5.06. The number of carbonyl (C=O) groups is 2. The molecule has 0 saturated heterocycles. The number of hydrogen-bond donors (Lipinski definition) is 1. The van der Waals surface area contributed by atoms with E-state index in [2.05, 4.69) is 21.6 Å². The van der Waals surface area contributed by atoms with Gasteiger partial charge in [-0.25, -0.2) is 0 Å². The number of fused-ring (bicyclic) bond motifs is 1. The van der Waals surface area contributed by atoms with Crippen molar-refractivity contribution in [2.45, 2.75) is 25.4 Å². The molecule has 0 spiro atoms. The number of nitrogens with zero attached hydrogens (tertiary/aromatic N) is 3. The summed E-state index contributed by atoms with van der Waals surface area (Å²) in [6.07, 6.45) is 0.541.